The summed E-state index contributed by atoms with van der Waals surface area (Å²) in [5.74, 6) is -0.391. The molecule has 0 spiro atoms. The number of hydrogen-bond donors (Lipinski definition) is 1. The van der Waals surface area contributed by atoms with Crippen LogP contribution < -0.4 is 10.1 Å². The summed E-state index contributed by atoms with van der Waals surface area (Å²) in [4.78, 5) is 30.1. The summed E-state index contributed by atoms with van der Waals surface area (Å²) in [6.07, 6.45) is 1.61. The van der Waals surface area contributed by atoms with Crippen molar-refractivity contribution in [2.24, 2.45) is 0 Å². The fourth-order valence-corrected chi connectivity index (χ4v) is 3.29. The molecule has 2 aromatic carbocycles. The number of nitrogens with one attached hydrogen (secondary N) is 1. The maximum Gasteiger partial charge on any atom is 0.260 e. The predicted molar refractivity (Wildman–Crippen MR) is 115 cm³/mol. The molecule has 1 heterocycles. The van der Waals surface area contributed by atoms with E-state index in [4.69, 9.17) is 39.5 Å². The van der Waals surface area contributed by atoms with Crippen molar-refractivity contribution >= 4 is 63.2 Å². The monoisotopic (exact) mass is 451 g/mol. The van der Waals surface area contributed by atoms with Crippen LogP contribution in [0.5, 0.6) is 5.75 Å². The van der Waals surface area contributed by atoms with Crippen molar-refractivity contribution in [3.63, 3.8) is 0 Å². The number of benzene rings is 2. The fourth-order valence-electron chi connectivity index (χ4n) is 2.58. The standard InChI is InChI=1S/C20H16Cl3N3O3/c1-26(10-17(27)25-20-14(22)5-2-6-15(20)23)18(28)11-29-16-8-7-13(21)12-4-3-9-24-19(12)16/h2-9H,10-11H2,1H3,(H,25,27). The van der Waals surface area contributed by atoms with Crippen molar-refractivity contribution in [3.8, 4) is 5.75 Å². The maximum absolute atomic E-state index is 12.4. The number of nitrogens with zero attached hydrogens (tertiary/aromatic N) is 2. The van der Waals surface area contributed by atoms with Crippen LogP contribution in [0.25, 0.3) is 10.9 Å². The molecule has 0 saturated carbocycles. The van der Waals surface area contributed by atoms with Crippen LogP contribution >= 0.6 is 34.8 Å². The van der Waals surface area contributed by atoms with Gasteiger partial charge in [0.05, 0.1) is 27.3 Å². The Hall–Kier alpha value is -2.54. The summed E-state index contributed by atoms with van der Waals surface area (Å²) in [5, 5.41) is 4.49. The summed E-state index contributed by atoms with van der Waals surface area (Å²) in [6.45, 7) is -0.451. The van der Waals surface area contributed by atoms with Crippen molar-refractivity contribution in [1.29, 1.82) is 0 Å². The van der Waals surface area contributed by atoms with Crippen LogP contribution in [0, 0.1) is 0 Å². The molecule has 3 rings (SSSR count). The molecule has 1 aromatic heterocycles. The number of rotatable bonds is 6. The fraction of sp³-hybridized carbons (Fsp3) is 0.150. The van der Waals surface area contributed by atoms with E-state index in [1.165, 1.54) is 11.9 Å². The Kier molecular flexibility index (Phi) is 6.79. The maximum atomic E-state index is 12.4. The van der Waals surface area contributed by atoms with Crippen molar-refractivity contribution in [3.05, 3.63) is 63.7 Å². The number of carbonyl (C=O) groups excluding carboxylic acids is 2. The smallest absolute Gasteiger partial charge is 0.260 e. The van der Waals surface area contributed by atoms with Crippen molar-refractivity contribution in [2.75, 3.05) is 25.5 Å². The highest BCUT2D eigenvalue weighted by atomic mass is 35.5. The SMILES string of the molecule is CN(CC(=O)Nc1c(Cl)cccc1Cl)C(=O)COc1ccc(Cl)c2cccnc12. The van der Waals surface area contributed by atoms with E-state index >= 15 is 0 Å². The zero-order valence-corrected chi connectivity index (χ0v) is 17.6. The third-order valence-corrected chi connectivity index (χ3v) is 5.02. The van der Waals surface area contributed by atoms with Gasteiger partial charge in [-0.1, -0.05) is 40.9 Å². The first-order chi connectivity index (χ1) is 13.9. The van der Waals surface area contributed by atoms with Crippen LogP contribution in [0.1, 0.15) is 0 Å². The Labute approximate surface area is 182 Å². The largest absolute Gasteiger partial charge is 0.481 e. The van der Waals surface area contributed by atoms with Gasteiger partial charge in [0, 0.05) is 18.6 Å². The first-order valence-electron chi connectivity index (χ1n) is 8.50. The Morgan fingerprint density at radius 2 is 1.76 bits per heavy atom. The van der Waals surface area contributed by atoms with Crippen LogP contribution in [0.4, 0.5) is 5.69 Å². The van der Waals surface area contributed by atoms with Gasteiger partial charge in [0.25, 0.3) is 5.91 Å². The second kappa shape index (κ2) is 9.31. The third kappa shape index (κ3) is 5.09. The number of aromatic nitrogens is 1. The number of para-hydroxylation sites is 1. The molecule has 9 heteroatoms. The lowest BCUT2D eigenvalue weighted by Gasteiger charge is -2.18. The van der Waals surface area contributed by atoms with Crippen molar-refractivity contribution < 1.29 is 14.3 Å². The molecular formula is C20H16Cl3N3O3. The summed E-state index contributed by atoms with van der Waals surface area (Å²) < 4.78 is 5.61. The summed E-state index contributed by atoms with van der Waals surface area (Å²) in [7, 11) is 1.50. The van der Waals surface area contributed by atoms with E-state index in [1.807, 2.05) is 6.07 Å². The molecule has 0 bridgehead atoms. The predicted octanol–water partition coefficient (Wildman–Crippen LogP) is 4.67. The van der Waals surface area contributed by atoms with Gasteiger partial charge >= 0.3 is 0 Å². The number of fused-ring (bicyclic) bond motifs is 1. The molecule has 150 valence electrons. The van der Waals surface area contributed by atoms with Gasteiger partial charge in [0.15, 0.2) is 6.61 Å². The number of hydrogen-bond acceptors (Lipinski definition) is 4. The Bertz CT molecular complexity index is 1060. The third-order valence-electron chi connectivity index (χ3n) is 4.06. The molecule has 6 nitrogen and oxygen atoms in total. The highest BCUT2D eigenvalue weighted by molar-refractivity contribution is 6.39. The first-order valence-corrected chi connectivity index (χ1v) is 9.64. The van der Waals surface area contributed by atoms with Gasteiger partial charge in [-0.2, -0.15) is 0 Å². The molecule has 3 aromatic rings. The van der Waals surface area contributed by atoms with Crippen molar-refractivity contribution in [1.82, 2.24) is 9.88 Å². The van der Waals surface area contributed by atoms with Crippen LogP contribution in [-0.4, -0.2) is 41.9 Å². The van der Waals surface area contributed by atoms with Gasteiger partial charge in [-0.05, 0) is 36.4 Å². The lowest BCUT2D eigenvalue weighted by molar-refractivity contribution is -0.135. The van der Waals surface area contributed by atoms with Crippen LogP contribution in [0.3, 0.4) is 0 Å². The van der Waals surface area contributed by atoms with Gasteiger partial charge in [-0.15, -0.1) is 0 Å². The number of anilines is 1. The van der Waals surface area contributed by atoms with Crippen LogP contribution in [-0.2, 0) is 9.59 Å². The quantitative estimate of drug-likeness (QED) is 0.590. The normalized spacial score (nSPS) is 10.6. The van der Waals surface area contributed by atoms with E-state index in [2.05, 4.69) is 10.3 Å². The molecule has 0 atom stereocenters. The van der Waals surface area contributed by atoms with Gasteiger partial charge in [0.1, 0.15) is 11.3 Å². The number of amides is 2. The second-order valence-corrected chi connectivity index (χ2v) is 7.35. The molecule has 0 aliphatic rings. The highest BCUT2D eigenvalue weighted by Crippen LogP contribution is 2.30. The van der Waals surface area contributed by atoms with Crippen molar-refractivity contribution in [2.45, 2.75) is 0 Å². The lowest BCUT2D eigenvalue weighted by Crippen LogP contribution is -2.37. The van der Waals surface area contributed by atoms with E-state index in [1.54, 1.807) is 42.6 Å². The van der Waals surface area contributed by atoms with E-state index < -0.39 is 5.91 Å². The zero-order valence-electron chi connectivity index (χ0n) is 15.3. The summed E-state index contributed by atoms with van der Waals surface area (Å²) in [6, 6.07) is 11.8. The van der Waals surface area contributed by atoms with Gasteiger partial charge < -0.3 is 15.0 Å². The molecular weight excluding hydrogens is 437 g/mol. The molecule has 29 heavy (non-hydrogen) atoms. The van der Waals surface area contributed by atoms with Crippen LogP contribution in [0.2, 0.25) is 15.1 Å². The Morgan fingerprint density at radius 3 is 2.48 bits per heavy atom. The molecule has 0 unspecified atom stereocenters. The van der Waals surface area contributed by atoms with Gasteiger partial charge in [0.2, 0.25) is 5.91 Å². The average Bonchev–Trinajstić information content (AvgIpc) is 2.70. The Balaban J connectivity index is 1.60. The van der Waals surface area contributed by atoms with E-state index in [0.29, 0.717) is 32.0 Å². The second-order valence-electron chi connectivity index (χ2n) is 6.13. The zero-order chi connectivity index (χ0) is 21.0. The molecule has 0 aliphatic heterocycles. The highest BCUT2D eigenvalue weighted by Gasteiger charge is 2.17. The molecule has 2 amide bonds. The minimum Gasteiger partial charge on any atom is -0.481 e. The van der Waals surface area contributed by atoms with Crippen LogP contribution in [0.15, 0.2) is 48.7 Å². The van der Waals surface area contributed by atoms with E-state index in [9.17, 15) is 9.59 Å². The number of carbonyl (C=O) groups is 2. The van der Waals surface area contributed by atoms with E-state index in [0.717, 1.165) is 5.39 Å². The minimum absolute atomic E-state index is 0.191. The lowest BCUT2D eigenvalue weighted by atomic mass is 10.2. The summed E-state index contributed by atoms with van der Waals surface area (Å²) >= 11 is 18.2. The average molecular weight is 453 g/mol. The minimum atomic E-state index is -0.436. The molecule has 1 N–H and O–H groups in total. The van der Waals surface area contributed by atoms with Gasteiger partial charge in [-0.25, -0.2) is 0 Å². The number of pyridine rings is 1. The molecule has 0 radical (unpaired) electrons. The Morgan fingerprint density at radius 1 is 1.03 bits per heavy atom. The first kappa shape index (κ1) is 21.2. The topological polar surface area (TPSA) is 71.5 Å². The number of ether oxygens (including phenoxy) is 1. The molecule has 0 saturated heterocycles. The molecule has 0 fully saturated rings. The van der Waals surface area contributed by atoms with E-state index in [-0.39, 0.29) is 19.1 Å². The summed E-state index contributed by atoms with van der Waals surface area (Å²) in [5.41, 5.74) is 0.859. The number of likely N-dealkylation sites (N-methyl/N-ethyl adjacent to an activating group) is 1. The van der Waals surface area contributed by atoms with Gasteiger partial charge in [-0.3, -0.25) is 14.6 Å². The molecule has 0 aliphatic carbocycles. The number of halogens is 3.